The molecule has 4 nitrogen and oxygen atoms in total. The lowest BCUT2D eigenvalue weighted by molar-refractivity contribution is -0.136. The van der Waals surface area contributed by atoms with Gasteiger partial charge < -0.3 is 9.67 Å². The van der Waals surface area contributed by atoms with Crippen molar-refractivity contribution in [1.29, 1.82) is 0 Å². The molecule has 0 aliphatic heterocycles. The van der Waals surface area contributed by atoms with Gasteiger partial charge in [-0.3, -0.25) is 4.79 Å². The van der Waals surface area contributed by atoms with E-state index in [-0.39, 0.29) is 6.42 Å². The summed E-state index contributed by atoms with van der Waals surface area (Å²) >= 11 is 1.74. The maximum atomic E-state index is 11.1. The van der Waals surface area contributed by atoms with Crippen LogP contribution in [0.15, 0.2) is 60.7 Å². The fourth-order valence-electron chi connectivity index (χ4n) is 3.47. The minimum atomic E-state index is -0.781. The van der Waals surface area contributed by atoms with Crippen molar-refractivity contribution in [2.45, 2.75) is 32.6 Å². The third-order valence-electron chi connectivity index (χ3n) is 4.76. The molecule has 0 bridgehead atoms. The molecule has 142 valence electrons. The number of hydrogen-bond donors (Lipinski definition) is 1. The highest BCUT2D eigenvalue weighted by atomic mass is 32.1. The van der Waals surface area contributed by atoms with Gasteiger partial charge in [-0.1, -0.05) is 37.3 Å². The van der Waals surface area contributed by atoms with Crippen molar-refractivity contribution in [2.75, 3.05) is 0 Å². The van der Waals surface area contributed by atoms with E-state index in [1.807, 2.05) is 24.3 Å². The predicted molar refractivity (Wildman–Crippen MR) is 114 cm³/mol. The molecule has 2 aromatic carbocycles. The van der Waals surface area contributed by atoms with Crippen LogP contribution in [0.25, 0.3) is 27.2 Å². The molecule has 0 aliphatic rings. The van der Waals surface area contributed by atoms with Crippen LogP contribution in [0.5, 0.6) is 0 Å². The largest absolute Gasteiger partial charge is 0.481 e. The van der Waals surface area contributed by atoms with Crippen LogP contribution in [0.3, 0.4) is 0 Å². The van der Waals surface area contributed by atoms with Crippen molar-refractivity contribution in [2.24, 2.45) is 0 Å². The second kappa shape index (κ2) is 7.98. The lowest BCUT2D eigenvalue weighted by Crippen LogP contribution is -2.05. The van der Waals surface area contributed by atoms with Crippen LogP contribution in [0.2, 0.25) is 0 Å². The van der Waals surface area contributed by atoms with Crippen LogP contribution in [0, 0.1) is 0 Å². The summed E-state index contributed by atoms with van der Waals surface area (Å²) < 4.78 is 3.34. The zero-order valence-electron chi connectivity index (χ0n) is 15.8. The Balaban J connectivity index is 1.83. The Hall–Kier alpha value is -2.92. The highest BCUT2D eigenvalue weighted by Gasteiger charge is 2.14. The van der Waals surface area contributed by atoms with E-state index in [1.165, 1.54) is 0 Å². The SMILES string of the molecule is CCCc1nc2ccc(-n3c(CCC(=O)O)ccc3-c3ccccc3)cc2s1. The van der Waals surface area contributed by atoms with E-state index >= 15 is 0 Å². The molecule has 0 fully saturated rings. The number of benzene rings is 2. The van der Waals surface area contributed by atoms with Crippen molar-refractivity contribution in [3.05, 3.63) is 71.4 Å². The fourth-order valence-corrected chi connectivity index (χ4v) is 4.57. The number of carboxylic acids is 1. The van der Waals surface area contributed by atoms with E-state index in [4.69, 9.17) is 10.1 Å². The van der Waals surface area contributed by atoms with Gasteiger partial charge in [0.15, 0.2) is 0 Å². The molecule has 0 aliphatic carbocycles. The van der Waals surface area contributed by atoms with Crippen LogP contribution in [0.1, 0.15) is 30.5 Å². The molecule has 4 rings (SSSR count). The second-order valence-corrected chi connectivity index (χ2v) is 7.93. The van der Waals surface area contributed by atoms with E-state index in [0.717, 1.165) is 50.7 Å². The van der Waals surface area contributed by atoms with Gasteiger partial charge in [-0.2, -0.15) is 0 Å². The maximum Gasteiger partial charge on any atom is 0.303 e. The Labute approximate surface area is 168 Å². The molecule has 1 N–H and O–H groups in total. The summed E-state index contributed by atoms with van der Waals surface area (Å²) in [5.74, 6) is -0.781. The van der Waals surface area contributed by atoms with Gasteiger partial charge in [0.1, 0.15) is 0 Å². The Bertz CT molecular complexity index is 1110. The highest BCUT2D eigenvalue weighted by molar-refractivity contribution is 7.18. The van der Waals surface area contributed by atoms with Crippen LogP contribution >= 0.6 is 11.3 Å². The Morgan fingerprint density at radius 1 is 1.07 bits per heavy atom. The van der Waals surface area contributed by atoms with Crippen molar-refractivity contribution in [3.8, 4) is 16.9 Å². The van der Waals surface area contributed by atoms with E-state index in [1.54, 1.807) is 11.3 Å². The number of aryl methyl sites for hydroxylation is 2. The minimum Gasteiger partial charge on any atom is -0.481 e. The highest BCUT2D eigenvalue weighted by Crippen LogP contribution is 2.31. The topological polar surface area (TPSA) is 55.1 Å². The average molecular weight is 391 g/mol. The Morgan fingerprint density at radius 2 is 1.89 bits per heavy atom. The van der Waals surface area contributed by atoms with Gasteiger partial charge in [0, 0.05) is 11.4 Å². The summed E-state index contributed by atoms with van der Waals surface area (Å²) in [6.45, 7) is 2.16. The van der Waals surface area contributed by atoms with Gasteiger partial charge in [-0.15, -0.1) is 11.3 Å². The summed E-state index contributed by atoms with van der Waals surface area (Å²) in [6.07, 6.45) is 2.69. The molecule has 4 aromatic rings. The third-order valence-corrected chi connectivity index (χ3v) is 5.84. The first kappa shape index (κ1) is 18.4. The zero-order valence-corrected chi connectivity index (χ0v) is 16.6. The number of carbonyl (C=O) groups is 1. The molecule has 0 saturated carbocycles. The van der Waals surface area contributed by atoms with E-state index in [9.17, 15) is 4.79 Å². The summed E-state index contributed by atoms with van der Waals surface area (Å²) in [5, 5.41) is 10.3. The standard InChI is InChI=1S/C23H22N2O2S/c1-2-6-22-24-19-12-9-18(15-21(19)28-22)25-17(11-14-23(26)27)10-13-20(25)16-7-4-3-5-8-16/h3-5,7-10,12-13,15H,2,6,11,14H2,1H3,(H,26,27). The number of aliphatic carboxylic acids is 1. The first-order valence-electron chi connectivity index (χ1n) is 9.53. The molecule has 0 radical (unpaired) electrons. The Morgan fingerprint density at radius 3 is 2.64 bits per heavy atom. The van der Waals surface area contributed by atoms with Gasteiger partial charge in [-0.25, -0.2) is 4.98 Å². The minimum absolute atomic E-state index is 0.113. The maximum absolute atomic E-state index is 11.1. The zero-order chi connectivity index (χ0) is 19.5. The number of carboxylic acid groups (broad SMARTS) is 1. The van der Waals surface area contributed by atoms with Crippen LogP contribution in [-0.4, -0.2) is 20.6 Å². The average Bonchev–Trinajstić information content (AvgIpc) is 3.30. The predicted octanol–water partition coefficient (Wildman–Crippen LogP) is 5.72. The molecule has 5 heteroatoms. The van der Waals surface area contributed by atoms with E-state index in [0.29, 0.717) is 6.42 Å². The molecule has 0 saturated heterocycles. The Kier molecular flexibility index (Phi) is 5.26. The van der Waals surface area contributed by atoms with Crippen LogP contribution in [0.4, 0.5) is 0 Å². The first-order valence-corrected chi connectivity index (χ1v) is 10.3. The van der Waals surface area contributed by atoms with Gasteiger partial charge in [0.25, 0.3) is 0 Å². The van der Waals surface area contributed by atoms with E-state index in [2.05, 4.69) is 47.9 Å². The lowest BCUT2D eigenvalue weighted by atomic mass is 10.1. The fraction of sp³-hybridized carbons (Fsp3) is 0.217. The van der Waals surface area contributed by atoms with Crippen molar-refractivity contribution >= 4 is 27.5 Å². The molecule has 2 heterocycles. The summed E-state index contributed by atoms with van der Waals surface area (Å²) in [4.78, 5) is 15.8. The number of hydrogen-bond acceptors (Lipinski definition) is 3. The molecule has 2 aromatic heterocycles. The van der Waals surface area contributed by atoms with Crippen molar-refractivity contribution < 1.29 is 9.90 Å². The summed E-state index contributed by atoms with van der Waals surface area (Å²) in [7, 11) is 0. The first-order chi connectivity index (χ1) is 13.7. The van der Waals surface area contributed by atoms with Crippen LogP contribution in [-0.2, 0) is 17.6 Å². The molecule has 28 heavy (non-hydrogen) atoms. The van der Waals surface area contributed by atoms with Crippen LogP contribution < -0.4 is 0 Å². The quantitative estimate of drug-likeness (QED) is 0.439. The molecule has 0 unspecified atom stereocenters. The van der Waals surface area contributed by atoms with Gasteiger partial charge in [0.05, 0.1) is 27.3 Å². The van der Waals surface area contributed by atoms with E-state index < -0.39 is 5.97 Å². The smallest absolute Gasteiger partial charge is 0.303 e. The number of aromatic nitrogens is 2. The lowest BCUT2D eigenvalue weighted by Gasteiger charge is -2.14. The van der Waals surface area contributed by atoms with Crippen molar-refractivity contribution in [3.63, 3.8) is 0 Å². The third kappa shape index (κ3) is 3.71. The summed E-state index contributed by atoms with van der Waals surface area (Å²) in [5.41, 5.74) is 5.25. The molecule has 0 spiro atoms. The normalized spacial score (nSPS) is 11.2. The number of thiazole rings is 1. The van der Waals surface area contributed by atoms with Crippen molar-refractivity contribution in [1.82, 2.24) is 9.55 Å². The molecule has 0 atom stereocenters. The molecular formula is C23H22N2O2S. The van der Waals surface area contributed by atoms with Gasteiger partial charge in [-0.05, 0) is 55.2 Å². The summed E-state index contributed by atoms with van der Waals surface area (Å²) in [6, 6.07) is 20.6. The van der Waals surface area contributed by atoms with Gasteiger partial charge in [0.2, 0.25) is 0 Å². The second-order valence-electron chi connectivity index (χ2n) is 6.81. The number of rotatable bonds is 7. The number of fused-ring (bicyclic) bond motifs is 1. The molecular weight excluding hydrogens is 368 g/mol. The molecule has 0 amide bonds. The monoisotopic (exact) mass is 390 g/mol. The van der Waals surface area contributed by atoms with Gasteiger partial charge >= 0.3 is 5.97 Å². The number of nitrogens with zero attached hydrogens (tertiary/aromatic N) is 2.